The van der Waals surface area contributed by atoms with E-state index < -0.39 is 17.7 Å². The third-order valence-corrected chi connectivity index (χ3v) is 2.42. The molecule has 5 heteroatoms. The van der Waals surface area contributed by atoms with Crippen molar-refractivity contribution < 1.29 is 18.4 Å². The van der Waals surface area contributed by atoms with Gasteiger partial charge in [-0.15, -0.1) is 0 Å². The van der Waals surface area contributed by atoms with Crippen molar-refractivity contribution in [1.29, 1.82) is 0 Å². The Morgan fingerprint density at radius 1 is 1.33 bits per heavy atom. The van der Waals surface area contributed by atoms with E-state index in [1.807, 2.05) is 0 Å². The van der Waals surface area contributed by atoms with Gasteiger partial charge in [0.1, 0.15) is 18.0 Å². The average molecular weight is 215 g/mol. The molecular weight excluding hydrogens is 204 g/mol. The van der Waals surface area contributed by atoms with Crippen LogP contribution in [0.3, 0.4) is 0 Å². The van der Waals surface area contributed by atoms with Crippen LogP contribution in [0.2, 0.25) is 0 Å². The van der Waals surface area contributed by atoms with Crippen LogP contribution in [0.25, 0.3) is 0 Å². The molecule has 0 radical (unpaired) electrons. The number of hydroxylamine groups is 1. The first-order chi connectivity index (χ1) is 7.15. The maximum Gasteiger partial charge on any atom is 0.165 e. The highest BCUT2D eigenvalue weighted by molar-refractivity contribution is 5.42. The second-order valence-electron chi connectivity index (χ2n) is 3.39. The highest BCUT2D eigenvalue weighted by atomic mass is 19.1. The van der Waals surface area contributed by atoms with Gasteiger partial charge in [-0.1, -0.05) is 0 Å². The van der Waals surface area contributed by atoms with Gasteiger partial charge in [-0.3, -0.25) is 0 Å². The van der Waals surface area contributed by atoms with Gasteiger partial charge in [0.25, 0.3) is 0 Å². The highest BCUT2D eigenvalue weighted by Gasteiger charge is 2.36. The van der Waals surface area contributed by atoms with Crippen molar-refractivity contribution in [2.75, 3.05) is 7.11 Å². The van der Waals surface area contributed by atoms with Crippen LogP contribution < -0.4 is 10.2 Å². The van der Waals surface area contributed by atoms with Crippen LogP contribution in [-0.4, -0.2) is 13.2 Å². The fourth-order valence-corrected chi connectivity index (χ4v) is 1.73. The Morgan fingerprint density at radius 3 is 2.67 bits per heavy atom. The molecule has 1 heterocycles. The van der Waals surface area contributed by atoms with Gasteiger partial charge in [0.2, 0.25) is 0 Å². The Morgan fingerprint density at radius 2 is 2.00 bits per heavy atom. The van der Waals surface area contributed by atoms with E-state index in [9.17, 15) is 8.78 Å². The van der Waals surface area contributed by atoms with E-state index in [-0.39, 0.29) is 17.4 Å². The first-order valence-electron chi connectivity index (χ1n) is 4.58. The number of nitrogens with one attached hydrogen (secondary N) is 1. The van der Waals surface area contributed by atoms with Gasteiger partial charge in [0.15, 0.2) is 11.6 Å². The summed E-state index contributed by atoms with van der Waals surface area (Å²) in [6.45, 7) is 1.72. The van der Waals surface area contributed by atoms with Crippen molar-refractivity contribution >= 4 is 0 Å². The van der Waals surface area contributed by atoms with Crippen molar-refractivity contribution in [1.82, 2.24) is 5.48 Å². The fourth-order valence-electron chi connectivity index (χ4n) is 1.73. The second-order valence-corrected chi connectivity index (χ2v) is 3.39. The van der Waals surface area contributed by atoms with E-state index in [0.29, 0.717) is 0 Å². The lowest BCUT2D eigenvalue weighted by atomic mass is 10.0. The maximum atomic E-state index is 13.5. The van der Waals surface area contributed by atoms with Crippen LogP contribution >= 0.6 is 0 Å². The molecule has 0 amide bonds. The zero-order valence-corrected chi connectivity index (χ0v) is 8.38. The molecule has 82 valence electrons. The minimum Gasteiger partial charge on any atom is -0.485 e. The van der Waals surface area contributed by atoms with E-state index >= 15 is 0 Å². The Hall–Kier alpha value is -1.20. The third kappa shape index (κ3) is 1.57. The standard InChI is InChI=1S/C10H11F2NO2/c1-5-9(13-14-2)8-6(11)3-4-7(12)10(8)15-5/h3-5,9,13H,1-2H3. The number of fused-ring (bicyclic) bond motifs is 1. The molecule has 1 N–H and O–H groups in total. The molecule has 1 aromatic rings. The van der Waals surface area contributed by atoms with E-state index in [4.69, 9.17) is 9.57 Å². The Kier molecular flexibility index (Phi) is 2.58. The van der Waals surface area contributed by atoms with Crippen molar-refractivity contribution in [2.45, 2.75) is 19.1 Å². The number of rotatable bonds is 2. The molecule has 2 unspecified atom stereocenters. The minimum atomic E-state index is -0.557. The molecule has 0 spiro atoms. The van der Waals surface area contributed by atoms with Gasteiger partial charge in [0.05, 0.1) is 12.7 Å². The smallest absolute Gasteiger partial charge is 0.165 e. The quantitative estimate of drug-likeness (QED) is 0.765. The van der Waals surface area contributed by atoms with Gasteiger partial charge >= 0.3 is 0 Å². The molecule has 0 aliphatic carbocycles. The zero-order valence-electron chi connectivity index (χ0n) is 8.38. The molecule has 15 heavy (non-hydrogen) atoms. The average Bonchev–Trinajstić information content (AvgIpc) is 2.53. The van der Waals surface area contributed by atoms with E-state index in [0.717, 1.165) is 12.1 Å². The first kappa shape index (κ1) is 10.3. The van der Waals surface area contributed by atoms with E-state index in [2.05, 4.69) is 5.48 Å². The molecular formula is C10H11F2NO2. The second kappa shape index (κ2) is 3.75. The Balaban J connectivity index is 2.47. The van der Waals surface area contributed by atoms with Gasteiger partial charge in [-0.05, 0) is 19.1 Å². The third-order valence-electron chi connectivity index (χ3n) is 2.42. The Bertz CT molecular complexity index is 384. The first-order valence-corrected chi connectivity index (χ1v) is 4.58. The molecule has 0 saturated heterocycles. The van der Waals surface area contributed by atoms with Crippen LogP contribution in [0.15, 0.2) is 12.1 Å². The molecule has 0 saturated carbocycles. The highest BCUT2D eigenvalue weighted by Crippen LogP contribution is 2.40. The van der Waals surface area contributed by atoms with Crippen molar-refractivity contribution in [3.05, 3.63) is 29.3 Å². The van der Waals surface area contributed by atoms with E-state index in [1.54, 1.807) is 6.92 Å². The van der Waals surface area contributed by atoms with Crippen molar-refractivity contribution in [2.24, 2.45) is 0 Å². The lowest BCUT2D eigenvalue weighted by Gasteiger charge is -2.14. The van der Waals surface area contributed by atoms with Crippen LogP contribution in [0.1, 0.15) is 18.5 Å². The maximum absolute atomic E-state index is 13.5. The predicted octanol–water partition coefficient (Wildman–Crippen LogP) is 1.94. The van der Waals surface area contributed by atoms with Gasteiger partial charge in [-0.2, -0.15) is 5.48 Å². The number of hydrogen-bond donors (Lipinski definition) is 1. The molecule has 2 atom stereocenters. The molecule has 1 aromatic carbocycles. The summed E-state index contributed by atoms with van der Waals surface area (Å²) in [5, 5.41) is 0. The Labute approximate surface area is 85.9 Å². The molecule has 0 bridgehead atoms. The summed E-state index contributed by atoms with van der Waals surface area (Å²) in [4.78, 5) is 4.73. The number of hydrogen-bond acceptors (Lipinski definition) is 3. The molecule has 0 aromatic heterocycles. The minimum absolute atomic E-state index is 0.0305. The van der Waals surface area contributed by atoms with Gasteiger partial charge < -0.3 is 9.57 Å². The molecule has 0 fully saturated rings. The van der Waals surface area contributed by atoms with E-state index in [1.165, 1.54) is 7.11 Å². The SMILES string of the molecule is CONC1c2c(F)ccc(F)c2OC1C. The fraction of sp³-hybridized carbons (Fsp3) is 0.400. The topological polar surface area (TPSA) is 30.5 Å². The normalized spacial score (nSPS) is 23.7. The van der Waals surface area contributed by atoms with Gasteiger partial charge in [0, 0.05) is 0 Å². The molecule has 3 nitrogen and oxygen atoms in total. The van der Waals surface area contributed by atoms with Crippen LogP contribution in [0.5, 0.6) is 5.75 Å². The molecule has 1 aliphatic heterocycles. The predicted molar refractivity (Wildman–Crippen MR) is 49.3 cm³/mol. The summed E-state index contributed by atoms with van der Waals surface area (Å²) < 4.78 is 32.0. The summed E-state index contributed by atoms with van der Waals surface area (Å²) in [5.74, 6) is -1.08. The lowest BCUT2D eigenvalue weighted by Crippen LogP contribution is -2.28. The summed E-state index contributed by atoms with van der Waals surface area (Å²) in [6.07, 6.45) is -0.369. The molecule has 1 aliphatic rings. The summed E-state index contributed by atoms with van der Waals surface area (Å²) in [5.41, 5.74) is 2.77. The van der Waals surface area contributed by atoms with Crippen LogP contribution in [-0.2, 0) is 4.84 Å². The number of ether oxygens (including phenoxy) is 1. The summed E-state index contributed by atoms with van der Waals surface area (Å²) >= 11 is 0. The van der Waals surface area contributed by atoms with Gasteiger partial charge in [-0.25, -0.2) is 8.78 Å². The largest absolute Gasteiger partial charge is 0.485 e. The summed E-state index contributed by atoms with van der Waals surface area (Å²) in [6, 6.07) is 1.65. The number of benzene rings is 1. The lowest BCUT2D eigenvalue weighted by molar-refractivity contribution is 0.0328. The van der Waals surface area contributed by atoms with Crippen LogP contribution in [0, 0.1) is 11.6 Å². The van der Waals surface area contributed by atoms with Crippen molar-refractivity contribution in [3.63, 3.8) is 0 Å². The zero-order chi connectivity index (χ0) is 11.0. The van der Waals surface area contributed by atoms with Crippen molar-refractivity contribution in [3.8, 4) is 5.75 Å². The number of halogens is 2. The van der Waals surface area contributed by atoms with Crippen LogP contribution in [0.4, 0.5) is 8.78 Å². The molecule has 2 rings (SSSR count). The summed E-state index contributed by atoms with van der Waals surface area (Å²) in [7, 11) is 1.42. The monoisotopic (exact) mass is 215 g/mol.